The average molecular weight is 336 g/mol. The number of anilines is 1. The summed E-state index contributed by atoms with van der Waals surface area (Å²) >= 11 is 0. The van der Waals surface area contributed by atoms with Crippen LogP contribution in [0.3, 0.4) is 0 Å². The highest BCUT2D eigenvalue weighted by molar-refractivity contribution is 6.20. The van der Waals surface area contributed by atoms with Crippen LogP contribution in [0, 0.1) is 0 Å². The van der Waals surface area contributed by atoms with Crippen LogP contribution in [0.4, 0.5) is 5.69 Å². The quantitative estimate of drug-likeness (QED) is 0.628. The maximum absolute atomic E-state index is 12.4. The van der Waals surface area contributed by atoms with Crippen molar-refractivity contribution in [2.24, 2.45) is 0 Å². The molecule has 5 heteroatoms. The summed E-state index contributed by atoms with van der Waals surface area (Å²) in [5.74, 6) is -0.172. The minimum absolute atomic E-state index is 0.172. The minimum atomic E-state index is -0.172. The molecule has 0 unspecified atom stereocenters. The van der Waals surface area contributed by atoms with Crippen LogP contribution in [0.2, 0.25) is 0 Å². The third-order valence-corrected chi connectivity index (χ3v) is 4.56. The van der Waals surface area contributed by atoms with Gasteiger partial charge in [0.05, 0.1) is 0 Å². The van der Waals surface area contributed by atoms with E-state index in [4.69, 9.17) is 5.73 Å². The molecule has 1 amide bonds. The van der Waals surface area contributed by atoms with Gasteiger partial charge in [-0.05, 0) is 49.7 Å². The Balaban J connectivity index is 1.67. The Hall–Kier alpha value is -2.66. The molecule has 1 saturated heterocycles. The summed E-state index contributed by atoms with van der Waals surface area (Å²) in [6, 6.07) is 9.48. The standard InChI is InChI=1S/C20H24N4O/c1-15(20(25)23-9-12-24-10-2-3-11-24)18-13-16(6-7-19(18)21)17-5-4-8-22-14-17/h4-8,13-14H,1-3,9-12,21H2,(H,23,25). The zero-order valence-corrected chi connectivity index (χ0v) is 14.4. The highest BCUT2D eigenvalue weighted by atomic mass is 16.1. The molecule has 0 bridgehead atoms. The first-order chi connectivity index (χ1) is 12.1. The zero-order chi connectivity index (χ0) is 17.6. The molecule has 1 aliphatic rings. The molecule has 25 heavy (non-hydrogen) atoms. The average Bonchev–Trinajstić information content (AvgIpc) is 3.15. The number of carbonyl (C=O) groups is 1. The second-order valence-corrected chi connectivity index (χ2v) is 6.33. The number of rotatable bonds is 6. The smallest absolute Gasteiger partial charge is 0.251 e. The van der Waals surface area contributed by atoms with Crippen LogP contribution in [0.1, 0.15) is 18.4 Å². The summed E-state index contributed by atoms with van der Waals surface area (Å²) in [6.07, 6.45) is 6.01. The Kier molecular flexibility index (Phi) is 5.46. The van der Waals surface area contributed by atoms with Gasteiger partial charge in [0.15, 0.2) is 0 Å². The second-order valence-electron chi connectivity index (χ2n) is 6.33. The van der Waals surface area contributed by atoms with Gasteiger partial charge in [0.1, 0.15) is 0 Å². The van der Waals surface area contributed by atoms with E-state index in [1.165, 1.54) is 12.8 Å². The van der Waals surface area contributed by atoms with Gasteiger partial charge in [-0.25, -0.2) is 0 Å². The first-order valence-corrected chi connectivity index (χ1v) is 8.65. The van der Waals surface area contributed by atoms with Crippen molar-refractivity contribution >= 4 is 17.2 Å². The normalized spacial score (nSPS) is 14.4. The highest BCUT2D eigenvalue weighted by Crippen LogP contribution is 2.27. The van der Waals surface area contributed by atoms with Gasteiger partial charge in [0, 0.05) is 47.9 Å². The topological polar surface area (TPSA) is 71.2 Å². The van der Waals surface area contributed by atoms with Crippen molar-refractivity contribution in [3.05, 3.63) is 54.9 Å². The minimum Gasteiger partial charge on any atom is -0.398 e. The van der Waals surface area contributed by atoms with Crippen LogP contribution in [-0.2, 0) is 4.79 Å². The Bertz CT molecular complexity index is 752. The van der Waals surface area contributed by atoms with Crippen molar-refractivity contribution in [1.29, 1.82) is 0 Å². The summed E-state index contributed by atoms with van der Waals surface area (Å²) in [5.41, 5.74) is 9.62. The number of nitrogen functional groups attached to an aromatic ring is 1. The molecular weight excluding hydrogens is 312 g/mol. The predicted molar refractivity (Wildman–Crippen MR) is 102 cm³/mol. The fourth-order valence-electron chi connectivity index (χ4n) is 3.09. The Morgan fingerprint density at radius 2 is 2.04 bits per heavy atom. The molecule has 1 aromatic carbocycles. The van der Waals surface area contributed by atoms with Gasteiger partial charge in [-0.15, -0.1) is 0 Å². The number of nitrogens with zero attached hydrogens (tertiary/aromatic N) is 2. The van der Waals surface area contributed by atoms with Crippen molar-refractivity contribution < 1.29 is 4.79 Å². The summed E-state index contributed by atoms with van der Waals surface area (Å²) in [7, 11) is 0. The molecule has 1 aliphatic heterocycles. The van der Waals surface area contributed by atoms with E-state index in [0.29, 0.717) is 23.4 Å². The van der Waals surface area contributed by atoms with Crippen LogP contribution in [0.15, 0.2) is 49.3 Å². The molecule has 1 aromatic heterocycles. The van der Waals surface area contributed by atoms with Crippen molar-refractivity contribution in [2.75, 3.05) is 31.9 Å². The predicted octanol–water partition coefficient (Wildman–Crippen LogP) is 2.56. The number of hydrogen-bond donors (Lipinski definition) is 2. The van der Waals surface area contributed by atoms with Crippen molar-refractivity contribution in [2.45, 2.75) is 12.8 Å². The molecule has 2 heterocycles. The highest BCUT2D eigenvalue weighted by Gasteiger charge is 2.15. The van der Waals surface area contributed by atoms with Gasteiger partial charge < -0.3 is 16.0 Å². The summed E-state index contributed by atoms with van der Waals surface area (Å²) in [4.78, 5) is 18.9. The van der Waals surface area contributed by atoms with E-state index in [9.17, 15) is 4.79 Å². The second kappa shape index (κ2) is 7.94. The van der Waals surface area contributed by atoms with E-state index in [1.807, 2.05) is 24.3 Å². The van der Waals surface area contributed by atoms with Crippen LogP contribution in [0.5, 0.6) is 0 Å². The molecule has 2 aromatic rings. The summed E-state index contributed by atoms with van der Waals surface area (Å²) in [6.45, 7) is 7.70. The first kappa shape index (κ1) is 17.2. The van der Waals surface area contributed by atoms with E-state index in [-0.39, 0.29) is 5.91 Å². The Morgan fingerprint density at radius 3 is 2.76 bits per heavy atom. The molecule has 3 rings (SSSR count). The third kappa shape index (κ3) is 4.25. The Morgan fingerprint density at radius 1 is 1.24 bits per heavy atom. The monoisotopic (exact) mass is 336 g/mol. The van der Waals surface area contributed by atoms with Crippen LogP contribution in [-0.4, -0.2) is 42.0 Å². The fraction of sp³-hybridized carbons (Fsp3) is 0.300. The first-order valence-electron chi connectivity index (χ1n) is 8.65. The number of likely N-dealkylation sites (tertiary alicyclic amines) is 1. The third-order valence-electron chi connectivity index (χ3n) is 4.56. The molecule has 1 fully saturated rings. The number of amides is 1. The van der Waals surface area contributed by atoms with E-state index in [1.54, 1.807) is 18.5 Å². The van der Waals surface area contributed by atoms with Gasteiger partial charge in [0.25, 0.3) is 5.91 Å². The maximum atomic E-state index is 12.4. The van der Waals surface area contributed by atoms with E-state index in [2.05, 4.69) is 21.8 Å². The number of carbonyl (C=O) groups excluding carboxylic acids is 1. The van der Waals surface area contributed by atoms with Crippen molar-refractivity contribution in [3.8, 4) is 11.1 Å². The van der Waals surface area contributed by atoms with E-state index in [0.717, 1.165) is 30.8 Å². The molecule has 0 aliphatic carbocycles. The molecule has 0 spiro atoms. The number of nitrogens with two attached hydrogens (primary N) is 1. The van der Waals surface area contributed by atoms with E-state index >= 15 is 0 Å². The van der Waals surface area contributed by atoms with Crippen LogP contribution in [0.25, 0.3) is 16.7 Å². The van der Waals surface area contributed by atoms with Gasteiger partial charge >= 0.3 is 0 Å². The lowest BCUT2D eigenvalue weighted by Gasteiger charge is -2.16. The lowest BCUT2D eigenvalue weighted by atomic mass is 9.98. The van der Waals surface area contributed by atoms with Crippen molar-refractivity contribution in [1.82, 2.24) is 15.2 Å². The molecule has 3 N–H and O–H groups in total. The van der Waals surface area contributed by atoms with Gasteiger partial charge in [-0.3, -0.25) is 9.78 Å². The van der Waals surface area contributed by atoms with Gasteiger partial charge in [-0.1, -0.05) is 18.7 Å². The largest absolute Gasteiger partial charge is 0.398 e. The number of hydrogen-bond acceptors (Lipinski definition) is 4. The SMILES string of the molecule is C=C(C(=O)NCCN1CCCC1)c1cc(-c2cccnc2)ccc1N. The molecule has 5 nitrogen and oxygen atoms in total. The lowest BCUT2D eigenvalue weighted by Crippen LogP contribution is -2.33. The number of aromatic nitrogens is 1. The maximum Gasteiger partial charge on any atom is 0.251 e. The van der Waals surface area contributed by atoms with Gasteiger partial charge in [0.2, 0.25) is 0 Å². The van der Waals surface area contributed by atoms with Crippen LogP contribution < -0.4 is 11.1 Å². The molecule has 0 atom stereocenters. The molecule has 0 saturated carbocycles. The summed E-state index contributed by atoms with van der Waals surface area (Å²) < 4.78 is 0. The molecule has 130 valence electrons. The Labute approximate surface area is 148 Å². The lowest BCUT2D eigenvalue weighted by molar-refractivity contribution is -0.115. The summed E-state index contributed by atoms with van der Waals surface area (Å²) in [5, 5.41) is 2.95. The number of nitrogens with one attached hydrogen (secondary N) is 1. The zero-order valence-electron chi connectivity index (χ0n) is 14.4. The van der Waals surface area contributed by atoms with Crippen molar-refractivity contribution in [3.63, 3.8) is 0 Å². The fourth-order valence-corrected chi connectivity index (χ4v) is 3.09. The van der Waals surface area contributed by atoms with E-state index < -0.39 is 0 Å². The molecular formula is C20H24N4O. The van der Waals surface area contributed by atoms with Gasteiger partial charge in [-0.2, -0.15) is 0 Å². The number of benzene rings is 1. The number of pyridine rings is 1. The van der Waals surface area contributed by atoms with Crippen LogP contribution >= 0.6 is 0 Å². The molecule has 0 radical (unpaired) electrons.